The first-order valence-electron chi connectivity index (χ1n) is 8.68. The van der Waals surface area contributed by atoms with Gasteiger partial charge >= 0.3 is 5.97 Å². The fourth-order valence-electron chi connectivity index (χ4n) is 2.95. The molecule has 0 bridgehead atoms. The van der Waals surface area contributed by atoms with Crippen molar-refractivity contribution < 1.29 is 19.1 Å². The number of rotatable bonds is 6. The van der Waals surface area contributed by atoms with Gasteiger partial charge in [0.25, 0.3) is 5.91 Å². The highest BCUT2D eigenvalue weighted by Gasteiger charge is 2.26. The van der Waals surface area contributed by atoms with E-state index in [1.807, 2.05) is 11.0 Å². The minimum Gasteiger partial charge on any atom is -0.479 e. The highest BCUT2D eigenvalue weighted by molar-refractivity contribution is 5.82. The van der Waals surface area contributed by atoms with Gasteiger partial charge in [-0.25, -0.2) is 4.79 Å². The van der Waals surface area contributed by atoms with Crippen molar-refractivity contribution in [3.05, 3.63) is 29.8 Å². The predicted molar refractivity (Wildman–Crippen MR) is 91.8 cm³/mol. The number of nitriles is 1. The summed E-state index contributed by atoms with van der Waals surface area (Å²) >= 11 is 0. The molecule has 0 saturated carbocycles. The lowest BCUT2D eigenvalue weighted by molar-refractivity contribution is -0.158. The second kappa shape index (κ2) is 9.07. The number of nitrogens with zero attached hydrogens (tertiary/aromatic N) is 2. The summed E-state index contributed by atoms with van der Waals surface area (Å²) in [5.74, 6) is -0.259. The number of hydrogen-bond donors (Lipinski definition) is 0. The summed E-state index contributed by atoms with van der Waals surface area (Å²) in [4.78, 5) is 26.2. The summed E-state index contributed by atoms with van der Waals surface area (Å²) in [5.41, 5.74) is 0.514. The molecule has 0 unspecified atom stereocenters. The number of carbonyl (C=O) groups excluding carboxylic acids is 2. The summed E-state index contributed by atoms with van der Waals surface area (Å²) in [7, 11) is 0. The van der Waals surface area contributed by atoms with E-state index in [-0.39, 0.29) is 18.6 Å². The molecule has 1 fully saturated rings. The van der Waals surface area contributed by atoms with Crippen molar-refractivity contribution >= 4 is 11.9 Å². The van der Waals surface area contributed by atoms with Gasteiger partial charge in [0.1, 0.15) is 5.75 Å². The van der Waals surface area contributed by atoms with Crippen LogP contribution < -0.4 is 4.74 Å². The van der Waals surface area contributed by atoms with Crippen LogP contribution >= 0.6 is 0 Å². The Morgan fingerprint density at radius 2 is 2.04 bits per heavy atom. The van der Waals surface area contributed by atoms with Crippen molar-refractivity contribution in [2.75, 3.05) is 13.2 Å². The molecule has 1 aliphatic rings. The van der Waals surface area contributed by atoms with E-state index in [2.05, 4.69) is 6.92 Å². The average molecular weight is 344 g/mol. The third-order valence-corrected chi connectivity index (χ3v) is 4.38. The third-order valence-electron chi connectivity index (χ3n) is 4.38. The maximum Gasteiger partial charge on any atom is 0.347 e. The molecule has 2 atom stereocenters. The summed E-state index contributed by atoms with van der Waals surface area (Å²) < 4.78 is 10.6. The number of carbonyl (C=O) groups is 2. The molecule has 1 saturated heterocycles. The zero-order chi connectivity index (χ0) is 18.2. The van der Waals surface area contributed by atoms with E-state index < -0.39 is 12.1 Å². The van der Waals surface area contributed by atoms with Gasteiger partial charge in [-0.2, -0.15) is 5.26 Å². The third kappa shape index (κ3) is 5.21. The van der Waals surface area contributed by atoms with E-state index in [0.29, 0.717) is 11.3 Å². The molecule has 1 aromatic carbocycles. The summed E-state index contributed by atoms with van der Waals surface area (Å²) in [6.07, 6.45) is 3.22. The second-order valence-electron chi connectivity index (χ2n) is 6.15. The SMILES string of the molecule is CC[C@H]1CCCCN1C(=O)COC(=O)[C@H](C)Oc1ccc(C#N)cc1. The van der Waals surface area contributed by atoms with Crippen LogP contribution in [0.4, 0.5) is 0 Å². The lowest BCUT2D eigenvalue weighted by atomic mass is 10.00. The van der Waals surface area contributed by atoms with Gasteiger partial charge < -0.3 is 14.4 Å². The van der Waals surface area contributed by atoms with Crippen LogP contribution in [0.1, 0.15) is 45.1 Å². The largest absolute Gasteiger partial charge is 0.479 e. The number of likely N-dealkylation sites (tertiary alicyclic amines) is 1. The Morgan fingerprint density at radius 3 is 2.68 bits per heavy atom. The number of piperidine rings is 1. The van der Waals surface area contributed by atoms with Crippen molar-refractivity contribution in [3.8, 4) is 11.8 Å². The van der Waals surface area contributed by atoms with E-state index in [0.717, 1.165) is 32.2 Å². The standard InChI is InChI=1S/C19H24N2O4/c1-3-16-6-4-5-11-21(16)18(22)13-24-19(23)14(2)25-17-9-7-15(12-20)8-10-17/h7-10,14,16H,3-6,11,13H2,1-2H3/t14-,16-/m0/s1. The second-order valence-corrected chi connectivity index (χ2v) is 6.15. The lowest BCUT2D eigenvalue weighted by Crippen LogP contribution is -2.45. The van der Waals surface area contributed by atoms with Crippen molar-refractivity contribution in [1.29, 1.82) is 5.26 Å². The van der Waals surface area contributed by atoms with Gasteiger partial charge in [-0.05, 0) is 56.9 Å². The first-order chi connectivity index (χ1) is 12.0. The molecule has 1 amide bonds. The molecule has 6 heteroatoms. The lowest BCUT2D eigenvalue weighted by Gasteiger charge is -2.35. The number of ether oxygens (including phenoxy) is 2. The Bertz CT molecular complexity index is 636. The first-order valence-corrected chi connectivity index (χ1v) is 8.68. The van der Waals surface area contributed by atoms with E-state index in [1.165, 1.54) is 0 Å². The average Bonchev–Trinajstić information content (AvgIpc) is 2.66. The molecule has 0 N–H and O–H groups in total. The maximum atomic E-state index is 12.3. The normalized spacial score (nSPS) is 18.1. The van der Waals surface area contributed by atoms with Crippen LogP contribution in [-0.4, -0.2) is 42.1 Å². The summed E-state index contributed by atoms with van der Waals surface area (Å²) in [6, 6.07) is 8.71. The van der Waals surface area contributed by atoms with Crippen LogP contribution in [0.5, 0.6) is 5.75 Å². The topological polar surface area (TPSA) is 79.6 Å². The van der Waals surface area contributed by atoms with Crippen LogP contribution in [-0.2, 0) is 14.3 Å². The van der Waals surface area contributed by atoms with E-state index in [4.69, 9.17) is 14.7 Å². The van der Waals surface area contributed by atoms with Crippen LogP contribution in [0.2, 0.25) is 0 Å². The Balaban J connectivity index is 1.82. The smallest absolute Gasteiger partial charge is 0.347 e. The molecule has 1 heterocycles. The van der Waals surface area contributed by atoms with Crippen LogP contribution in [0.25, 0.3) is 0 Å². The quantitative estimate of drug-likeness (QED) is 0.741. The molecular weight excluding hydrogens is 320 g/mol. The molecule has 0 spiro atoms. The van der Waals surface area contributed by atoms with Gasteiger partial charge in [0.05, 0.1) is 11.6 Å². The predicted octanol–water partition coefficient (Wildman–Crippen LogP) is 2.66. The summed E-state index contributed by atoms with van der Waals surface area (Å²) in [6.45, 7) is 4.11. The van der Waals surface area contributed by atoms with Gasteiger partial charge in [-0.1, -0.05) is 6.92 Å². The highest BCUT2D eigenvalue weighted by Crippen LogP contribution is 2.19. The minimum atomic E-state index is -0.830. The zero-order valence-corrected chi connectivity index (χ0v) is 14.7. The van der Waals surface area contributed by atoms with Crippen molar-refractivity contribution in [2.24, 2.45) is 0 Å². The van der Waals surface area contributed by atoms with Gasteiger partial charge in [0.2, 0.25) is 0 Å². The number of hydrogen-bond acceptors (Lipinski definition) is 5. The van der Waals surface area contributed by atoms with E-state index in [1.54, 1.807) is 31.2 Å². The van der Waals surface area contributed by atoms with Gasteiger partial charge in [-0.15, -0.1) is 0 Å². The number of esters is 1. The van der Waals surface area contributed by atoms with E-state index >= 15 is 0 Å². The Hall–Kier alpha value is -2.55. The van der Waals surface area contributed by atoms with Crippen LogP contribution in [0.15, 0.2) is 24.3 Å². The van der Waals surface area contributed by atoms with Crippen molar-refractivity contribution in [2.45, 2.75) is 51.7 Å². The van der Waals surface area contributed by atoms with Crippen LogP contribution in [0, 0.1) is 11.3 Å². The molecule has 1 aliphatic heterocycles. The number of benzene rings is 1. The van der Waals surface area contributed by atoms with Gasteiger partial charge in [0, 0.05) is 12.6 Å². The first kappa shape index (κ1) is 18.8. The molecule has 2 rings (SSSR count). The maximum absolute atomic E-state index is 12.3. The zero-order valence-electron chi connectivity index (χ0n) is 14.7. The molecule has 6 nitrogen and oxygen atoms in total. The molecule has 0 aromatic heterocycles. The molecule has 1 aromatic rings. The van der Waals surface area contributed by atoms with Crippen molar-refractivity contribution in [1.82, 2.24) is 4.90 Å². The molecule has 0 radical (unpaired) electrons. The fourth-order valence-corrected chi connectivity index (χ4v) is 2.95. The molecule has 0 aliphatic carbocycles. The van der Waals surface area contributed by atoms with Gasteiger partial charge in [0.15, 0.2) is 12.7 Å². The van der Waals surface area contributed by atoms with Crippen molar-refractivity contribution in [3.63, 3.8) is 0 Å². The Labute approximate surface area is 148 Å². The molecule has 134 valence electrons. The Morgan fingerprint density at radius 1 is 1.32 bits per heavy atom. The highest BCUT2D eigenvalue weighted by atomic mass is 16.6. The summed E-state index contributed by atoms with van der Waals surface area (Å²) in [5, 5.41) is 8.76. The Kier molecular flexibility index (Phi) is 6.81. The van der Waals surface area contributed by atoms with E-state index in [9.17, 15) is 9.59 Å². The fraction of sp³-hybridized carbons (Fsp3) is 0.526. The minimum absolute atomic E-state index is 0.148. The molecule has 25 heavy (non-hydrogen) atoms. The van der Waals surface area contributed by atoms with Gasteiger partial charge in [-0.3, -0.25) is 4.79 Å². The van der Waals surface area contributed by atoms with Crippen LogP contribution in [0.3, 0.4) is 0 Å². The number of amides is 1. The monoisotopic (exact) mass is 344 g/mol. The molecular formula is C19H24N2O4.